The molecule has 1 aromatic carbocycles. The number of hydrogen-bond donors (Lipinski definition) is 3. The summed E-state index contributed by atoms with van der Waals surface area (Å²) in [6, 6.07) is 5.21. The zero-order valence-corrected chi connectivity index (χ0v) is 16.4. The monoisotopic (exact) mass is 361 g/mol. The summed E-state index contributed by atoms with van der Waals surface area (Å²) in [5.41, 5.74) is 1.16. The molecule has 6 heteroatoms. The maximum absolute atomic E-state index is 12.7. The molecule has 3 N–H and O–H groups in total. The van der Waals surface area contributed by atoms with Crippen LogP contribution in [0.15, 0.2) is 18.2 Å². The molecule has 1 aliphatic rings. The van der Waals surface area contributed by atoms with Gasteiger partial charge in [-0.05, 0) is 43.4 Å². The zero-order chi connectivity index (χ0) is 19.3. The fourth-order valence-electron chi connectivity index (χ4n) is 3.54. The lowest BCUT2D eigenvalue weighted by molar-refractivity contribution is -0.118. The van der Waals surface area contributed by atoms with E-state index in [-0.39, 0.29) is 17.9 Å². The van der Waals surface area contributed by atoms with Crippen LogP contribution in [-0.4, -0.2) is 31.0 Å². The quantitative estimate of drug-likeness (QED) is 0.725. The number of anilines is 2. The number of nitrogens with one attached hydrogen (secondary N) is 3. The predicted octanol–water partition coefficient (Wildman–Crippen LogP) is 3.39. The Kier molecular flexibility index (Phi) is 7.03. The Balaban J connectivity index is 2.04. The van der Waals surface area contributed by atoms with Crippen LogP contribution < -0.4 is 20.7 Å². The van der Waals surface area contributed by atoms with Crippen LogP contribution in [0.4, 0.5) is 11.4 Å². The highest BCUT2D eigenvalue weighted by Gasteiger charge is 2.29. The van der Waals surface area contributed by atoms with Gasteiger partial charge in [0.05, 0.1) is 18.8 Å². The summed E-state index contributed by atoms with van der Waals surface area (Å²) in [6.45, 7) is 7.86. The molecule has 144 valence electrons. The summed E-state index contributed by atoms with van der Waals surface area (Å²) < 4.78 is 5.32. The fraction of sp³-hybridized carbons (Fsp3) is 0.600. The first kappa shape index (κ1) is 20.2. The summed E-state index contributed by atoms with van der Waals surface area (Å²) >= 11 is 0. The summed E-state index contributed by atoms with van der Waals surface area (Å²) in [7, 11) is 1.55. The number of ether oxygens (including phenoxy) is 1. The highest BCUT2D eigenvalue weighted by Crippen LogP contribution is 2.30. The smallest absolute Gasteiger partial charge is 0.241 e. The van der Waals surface area contributed by atoms with Gasteiger partial charge in [0.15, 0.2) is 0 Å². The molecule has 0 aliphatic heterocycles. The van der Waals surface area contributed by atoms with Crippen molar-refractivity contribution in [3.05, 3.63) is 18.2 Å². The highest BCUT2D eigenvalue weighted by atomic mass is 16.5. The Morgan fingerprint density at radius 2 is 1.92 bits per heavy atom. The van der Waals surface area contributed by atoms with Crippen LogP contribution in [0, 0.1) is 11.8 Å². The Morgan fingerprint density at radius 1 is 1.19 bits per heavy atom. The topological polar surface area (TPSA) is 79.5 Å². The summed E-state index contributed by atoms with van der Waals surface area (Å²) in [5, 5.41) is 9.11. The van der Waals surface area contributed by atoms with Crippen molar-refractivity contribution in [3.63, 3.8) is 0 Å². The van der Waals surface area contributed by atoms with Crippen molar-refractivity contribution in [2.75, 3.05) is 17.7 Å². The predicted molar refractivity (Wildman–Crippen MR) is 104 cm³/mol. The number of benzene rings is 1. The van der Waals surface area contributed by atoms with E-state index in [9.17, 15) is 9.59 Å². The molecule has 0 spiro atoms. The van der Waals surface area contributed by atoms with Gasteiger partial charge in [0.25, 0.3) is 0 Å². The van der Waals surface area contributed by atoms with Crippen LogP contribution in [-0.2, 0) is 9.59 Å². The second kappa shape index (κ2) is 9.03. The maximum atomic E-state index is 12.7. The van der Waals surface area contributed by atoms with E-state index in [1.807, 2.05) is 6.92 Å². The minimum absolute atomic E-state index is 0.117. The van der Waals surface area contributed by atoms with E-state index in [0.717, 1.165) is 6.42 Å². The third-order valence-electron chi connectivity index (χ3n) is 5.34. The molecule has 0 radical (unpaired) electrons. The lowest BCUT2D eigenvalue weighted by Gasteiger charge is -2.36. The second-order valence-electron chi connectivity index (χ2n) is 7.35. The summed E-state index contributed by atoms with van der Waals surface area (Å²) in [5.74, 6) is 1.50. The lowest BCUT2D eigenvalue weighted by Crippen LogP contribution is -2.49. The van der Waals surface area contributed by atoms with E-state index >= 15 is 0 Å². The van der Waals surface area contributed by atoms with Gasteiger partial charge >= 0.3 is 0 Å². The molecule has 0 aromatic heterocycles. The van der Waals surface area contributed by atoms with Gasteiger partial charge < -0.3 is 20.7 Å². The summed E-state index contributed by atoms with van der Waals surface area (Å²) in [4.78, 5) is 23.9. The first-order valence-corrected chi connectivity index (χ1v) is 9.34. The number of methoxy groups -OCH3 is 1. The third kappa shape index (κ3) is 5.21. The molecule has 0 saturated heterocycles. The molecule has 1 saturated carbocycles. The Bertz CT molecular complexity index is 647. The Hall–Kier alpha value is -2.08. The third-order valence-corrected chi connectivity index (χ3v) is 5.34. The van der Waals surface area contributed by atoms with Gasteiger partial charge in [-0.15, -0.1) is 0 Å². The molecule has 6 nitrogen and oxygen atoms in total. The first-order chi connectivity index (χ1) is 12.3. The summed E-state index contributed by atoms with van der Waals surface area (Å²) in [6.07, 6.45) is 3.56. The normalized spacial score (nSPS) is 23.8. The highest BCUT2D eigenvalue weighted by molar-refractivity contribution is 5.97. The van der Waals surface area contributed by atoms with Gasteiger partial charge in [0.2, 0.25) is 11.8 Å². The van der Waals surface area contributed by atoms with Crippen LogP contribution in [0.3, 0.4) is 0 Å². The molecule has 26 heavy (non-hydrogen) atoms. The number of carbonyl (C=O) groups excluding carboxylic acids is 2. The van der Waals surface area contributed by atoms with Crippen molar-refractivity contribution < 1.29 is 14.3 Å². The fourth-order valence-corrected chi connectivity index (χ4v) is 3.54. The molecule has 1 aromatic rings. The van der Waals surface area contributed by atoms with Gasteiger partial charge in [0.1, 0.15) is 5.75 Å². The number of carbonyl (C=O) groups is 2. The van der Waals surface area contributed by atoms with Crippen molar-refractivity contribution in [2.45, 2.75) is 59.0 Å². The van der Waals surface area contributed by atoms with Crippen molar-refractivity contribution in [3.8, 4) is 5.75 Å². The molecule has 2 rings (SSSR count). The SMILES string of the molecule is COc1ccc(NC(C)=O)cc1NC(=O)C(C)NC1CCCC(C)C1C. The van der Waals surface area contributed by atoms with Gasteiger partial charge in [-0.25, -0.2) is 0 Å². The number of hydrogen-bond acceptors (Lipinski definition) is 4. The van der Waals surface area contributed by atoms with Crippen LogP contribution in [0.25, 0.3) is 0 Å². The second-order valence-corrected chi connectivity index (χ2v) is 7.35. The average molecular weight is 361 g/mol. The lowest BCUT2D eigenvalue weighted by atomic mass is 9.78. The van der Waals surface area contributed by atoms with Crippen LogP contribution in [0.2, 0.25) is 0 Å². The first-order valence-electron chi connectivity index (χ1n) is 9.34. The van der Waals surface area contributed by atoms with Crippen LogP contribution in [0.5, 0.6) is 5.75 Å². The van der Waals surface area contributed by atoms with E-state index in [1.54, 1.807) is 25.3 Å². The largest absolute Gasteiger partial charge is 0.495 e. The Morgan fingerprint density at radius 3 is 2.58 bits per heavy atom. The molecule has 0 heterocycles. The minimum atomic E-state index is -0.318. The maximum Gasteiger partial charge on any atom is 0.241 e. The molecular weight excluding hydrogens is 330 g/mol. The molecule has 4 atom stereocenters. The molecular formula is C20H31N3O3. The van der Waals surface area contributed by atoms with Gasteiger partial charge in [-0.2, -0.15) is 0 Å². The van der Waals surface area contributed by atoms with E-state index in [4.69, 9.17) is 4.74 Å². The van der Waals surface area contributed by atoms with Crippen LogP contribution in [0.1, 0.15) is 47.0 Å². The molecule has 1 fully saturated rings. The van der Waals surface area contributed by atoms with Crippen molar-refractivity contribution in [2.24, 2.45) is 11.8 Å². The molecule has 1 aliphatic carbocycles. The van der Waals surface area contributed by atoms with Crippen molar-refractivity contribution in [1.29, 1.82) is 0 Å². The molecule has 0 bridgehead atoms. The zero-order valence-electron chi connectivity index (χ0n) is 16.4. The van der Waals surface area contributed by atoms with E-state index < -0.39 is 0 Å². The molecule has 4 unspecified atom stereocenters. The average Bonchev–Trinajstić information content (AvgIpc) is 2.58. The van der Waals surface area contributed by atoms with Gasteiger partial charge in [-0.3, -0.25) is 9.59 Å². The van der Waals surface area contributed by atoms with Gasteiger partial charge in [-0.1, -0.05) is 26.7 Å². The molecule has 2 amide bonds. The van der Waals surface area contributed by atoms with Gasteiger partial charge in [0, 0.05) is 18.7 Å². The Labute approximate surface area is 156 Å². The van der Waals surface area contributed by atoms with Crippen LogP contribution >= 0.6 is 0 Å². The number of amides is 2. The van der Waals surface area contributed by atoms with E-state index in [2.05, 4.69) is 29.8 Å². The van der Waals surface area contributed by atoms with Crippen molar-refractivity contribution in [1.82, 2.24) is 5.32 Å². The minimum Gasteiger partial charge on any atom is -0.495 e. The van der Waals surface area contributed by atoms with E-state index in [0.29, 0.717) is 35.0 Å². The number of rotatable bonds is 6. The standard InChI is InChI=1S/C20H31N3O3/c1-12-7-6-8-17(13(12)2)21-14(3)20(25)23-18-11-16(22-15(4)24)9-10-19(18)26-5/h9-14,17,21H,6-8H2,1-5H3,(H,22,24)(H,23,25). The van der Waals surface area contributed by atoms with E-state index in [1.165, 1.54) is 19.8 Å². The van der Waals surface area contributed by atoms with Crippen molar-refractivity contribution >= 4 is 23.2 Å².